The van der Waals surface area contributed by atoms with Crippen LogP contribution in [-0.4, -0.2) is 56.8 Å². The summed E-state index contributed by atoms with van der Waals surface area (Å²) < 4.78 is 50.3. The molecule has 0 spiro atoms. The number of anilines is 1. The van der Waals surface area contributed by atoms with E-state index in [2.05, 4.69) is 41.9 Å². The summed E-state index contributed by atoms with van der Waals surface area (Å²) >= 11 is 3.41. The van der Waals surface area contributed by atoms with Gasteiger partial charge in [0.1, 0.15) is 17.2 Å². The topological polar surface area (TPSA) is 139 Å². The lowest BCUT2D eigenvalue weighted by atomic mass is 10.0. The number of benzene rings is 2. The predicted octanol–water partition coefficient (Wildman–Crippen LogP) is 4.77. The van der Waals surface area contributed by atoms with Crippen molar-refractivity contribution in [3.05, 3.63) is 51.3 Å². The number of alkyl halides is 3. The summed E-state index contributed by atoms with van der Waals surface area (Å²) in [5, 5.41) is 25.7. The summed E-state index contributed by atoms with van der Waals surface area (Å²) in [4.78, 5) is 23.9. The number of rotatable bonds is 11. The summed E-state index contributed by atoms with van der Waals surface area (Å²) in [5.74, 6) is -1.07. The van der Waals surface area contributed by atoms with Gasteiger partial charge < -0.3 is 19.9 Å². The van der Waals surface area contributed by atoms with Gasteiger partial charge in [0, 0.05) is 30.2 Å². The molecule has 0 bridgehead atoms. The van der Waals surface area contributed by atoms with Crippen molar-refractivity contribution in [2.45, 2.75) is 39.3 Å². The third kappa shape index (κ3) is 7.65. The number of Topliss-reactive ketones (excluding diaryl/α,β-unsaturated/α-hetero) is 1. The van der Waals surface area contributed by atoms with Crippen molar-refractivity contribution in [1.29, 1.82) is 0 Å². The molecule has 0 atom stereocenters. The highest BCUT2D eigenvalue weighted by atomic mass is 79.9. The molecule has 1 aromatic heterocycles. The Morgan fingerprint density at radius 1 is 1.16 bits per heavy atom. The highest BCUT2D eigenvalue weighted by Gasteiger charge is 2.29. The second-order valence-electron chi connectivity index (χ2n) is 7.96. The van der Waals surface area contributed by atoms with Crippen molar-refractivity contribution in [3.8, 4) is 17.2 Å². The fourth-order valence-electron chi connectivity index (χ4n) is 3.30. The molecule has 0 unspecified atom stereocenters. The normalized spacial score (nSPS) is 11.3. The van der Waals surface area contributed by atoms with Crippen LogP contribution in [0.5, 0.6) is 17.2 Å². The molecular weight excluding hydrogens is 563 g/mol. The van der Waals surface area contributed by atoms with Gasteiger partial charge in [0.2, 0.25) is 5.82 Å². The van der Waals surface area contributed by atoms with Crippen molar-refractivity contribution in [2.24, 2.45) is 0 Å². The molecule has 3 rings (SSSR count). The van der Waals surface area contributed by atoms with Crippen molar-refractivity contribution in [3.63, 3.8) is 0 Å². The first-order valence-electron chi connectivity index (χ1n) is 11.0. The second-order valence-corrected chi connectivity index (χ2v) is 8.82. The maximum atomic E-state index is 12.8. The lowest BCUT2D eigenvalue weighted by Crippen LogP contribution is -2.15. The van der Waals surface area contributed by atoms with E-state index >= 15 is 0 Å². The van der Waals surface area contributed by atoms with Gasteiger partial charge in [-0.05, 0) is 70.4 Å². The molecule has 3 aromatic rings. The summed E-state index contributed by atoms with van der Waals surface area (Å²) in [5.41, 5.74) is 1.09. The largest absolute Gasteiger partial charge is 0.507 e. The Morgan fingerprint density at radius 2 is 1.86 bits per heavy atom. The number of aromatic amines is 1. The van der Waals surface area contributed by atoms with E-state index in [1.165, 1.54) is 19.1 Å². The van der Waals surface area contributed by atoms with Crippen LogP contribution in [0.3, 0.4) is 0 Å². The van der Waals surface area contributed by atoms with Gasteiger partial charge in [-0.1, -0.05) is 0 Å². The Hall–Kier alpha value is -3.68. The van der Waals surface area contributed by atoms with Crippen LogP contribution < -0.4 is 14.8 Å². The average Bonchev–Trinajstić information content (AvgIpc) is 3.35. The molecule has 0 fully saturated rings. The zero-order valence-corrected chi connectivity index (χ0v) is 21.4. The van der Waals surface area contributed by atoms with Gasteiger partial charge in [-0.3, -0.25) is 9.59 Å². The number of halogens is 4. The molecule has 1 heterocycles. The van der Waals surface area contributed by atoms with Gasteiger partial charge in [-0.25, -0.2) is 5.10 Å². The summed E-state index contributed by atoms with van der Waals surface area (Å²) in [6.45, 7) is 3.26. The average molecular weight is 586 g/mol. The zero-order valence-electron chi connectivity index (χ0n) is 19.8. The summed E-state index contributed by atoms with van der Waals surface area (Å²) in [6.07, 6.45) is -5.79. The molecule has 3 N–H and O–H groups in total. The fourth-order valence-corrected chi connectivity index (χ4v) is 3.88. The third-order valence-electron chi connectivity index (χ3n) is 5.17. The number of tetrazole rings is 1. The van der Waals surface area contributed by atoms with Crippen molar-refractivity contribution < 1.29 is 37.3 Å². The van der Waals surface area contributed by atoms with E-state index in [0.717, 1.165) is 5.56 Å². The van der Waals surface area contributed by atoms with Crippen LogP contribution in [0.4, 0.5) is 18.9 Å². The van der Waals surface area contributed by atoms with Crippen LogP contribution in [0, 0.1) is 6.92 Å². The predicted molar refractivity (Wildman–Crippen MR) is 129 cm³/mol. The molecule has 0 saturated heterocycles. The number of phenols is 1. The van der Waals surface area contributed by atoms with Crippen molar-refractivity contribution in [1.82, 2.24) is 20.6 Å². The number of carbonyl (C=O) groups excluding carboxylic acids is 2. The highest BCUT2D eigenvalue weighted by molar-refractivity contribution is 9.10. The molecule has 10 nitrogen and oxygen atoms in total. The van der Waals surface area contributed by atoms with Crippen LogP contribution in [0.25, 0.3) is 0 Å². The van der Waals surface area contributed by atoms with Crippen LogP contribution in [-0.2, 0) is 6.42 Å². The molecule has 37 heavy (non-hydrogen) atoms. The van der Waals surface area contributed by atoms with Crippen LogP contribution in [0.1, 0.15) is 51.9 Å². The number of carbonyl (C=O) groups is 2. The number of amides is 1. The van der Waals surface area contributed by atoms with Crippen LogP contribution in [0.2, 0.25) is 0 Å². The highest BCUT2D eigenvalue weighted by Crippen LogP contribution is 2.35. The molecule has 0 aliphatic heterocycles. The van der Waals surface area contributed by atoms with Crippen LogP contribution in [0.15, 0.2) is 28.7 Å². The molecule has 0 saturated carbocycles. The summed E-state index contributed by atoms with van der Waals surface area (Å²) in [6, 6.07) is 6.06. The van der Waals surface area contributed by atoms with E-state index < -0.39 is 36.5 Å². The maximum Gasteiger partial charge on any atom is 0.389 e. The van der Waals surface area contributed by atoms with Gasteiger partial charge in [0.15, 0.2) is 5.78 Å². The number of aryl methyl sites for hydroxylation is 1. The lowest BCUT2D eigenvalue weighted by molar-refractivity contribution is -0.134. The Bertz CT molecular complexity index is 1270. The van der Waals surface area contributed by atoms with E-state index in [-0.39, 0.29) is 35.9 Å². The summed E-state index contributed by atoms with van der Waals surface area (Å²) in [7, 11) is 0. The maximum absolute atomic E-state index is 12.8. The van der Waals surface area contributed by atoms with Gasteiger partial charge >= 0.3 is 6.18 Å². The van der Waals surface area contributed by atoms with E-state index in [1.54, 1.807) is 19.1 Å². The Balaban J connectivity index is 1.61. The van der Waals surface area contributed by atoms with Gasteiger partial charge in [0.25, 0.3) is 5.91 Å². The number of nitrogens with zero attached hydrogens (tertiary/aromatic N) is 3. The molecule has 198 valence electrons. The zero-order chi connectivity index (χ0) is 27.2. The number of ether oxygens (including phenoxy) is 2. The molecule has 0 aliphatic carbocycles. The molecular formula is C23H23BrF3N5O5. The first kappa shape index (κ1) is 27.9. The van der Waals surface area contributed by atoms with Gasteiger partial charge in [-0.2, -0.15) is 13.2 Å². The number of hydrogen-bond donors (Lipinski definition) is 3. The molecule has 0 radical (unpaired) electrons. The second kappa shape index (κ2) is 12.0. The Morgan fingerprint density at radius 3 is 2.49 bits per heavy atom. The van der Waals surface area contributed by atoms with Crippen LogP contribution >= 0.6 is 15.9 Å². The van der Waals surface area contributed by atoms with Gasteiger partial charge in [0.05, 0.1) is 23.2 Å². The SMILES string of the molecule is CC(=O)c1ccc(OCCCOc2cc(NC(=O)c3nnn[nH]3)c(C)cc2Br)c(CCC(F)(F)F)c1O. The number of hydrogen-bond acceptors (Lipinski definition) is 8. The minimum Gasteiger partial charge on any atom is -0.507 e. The molecule has 14 heteroatoms. The fraction of sp³-hybridized carbons (Fsp3) is 0.348. The van der Waals surface area contributed by atoms with E-state index in [4.69, 9.17) is 9.47 Å². The first-order valence-corrected chi connectivity index (χ1v) is 11.8. The van der Waals surface area contributed by atoms with E-state index in [0.29, 0.717) is 22.3 Å². The first-order chi connectivity index (χ1) is 17.5. The van der Waals surface area contributed by atoms with E-state index in [9.17, 15) is 27.9 Å². The number of ketones is 1. The number of aromatic hydroxyl groups is 1. The molecule has 1 amide bonds. The number of aromatic nitrogens is 4. The van der Waals surface area contributed by atoms with Crippen molar-refractivity contribution >= 4 is 33.3 Å². The number of H-pyrrole nitrogens is 1. The number of nitrogens with one attached hydrogen (secondary N) is 2. The minimum atomic E-state index is -4.44. The standard InChI is InChI=1S/C23H23BrF3N5O5/c1-12-10-16(24)19(11-17(12)28-22(35)21-29-31-32-30-21)37-9-3-8-36-18-5-4-14(13(2)33)20(34)15(18)6-7-23(25,26)27/h4-5,10-11,34H,3,6-9H2,1-2H3,(H,28,35)(H,29,30,31,32). The molecule has 0 aliphatic rings. The number of phenolic OH excluding ortho intramolecular Hbond substituents is 1. The van der Waals surface area contributed by atoms with Gasteiger partial charge in [-0.15, -0.1) is 5.10 Å². The third-order valence-corrected chi connectivity index (χ3v) is 5.79. The Kier molecular flexibility index (Phi) is 9.08. The molecule has 2 aromatic carbocycles. The van der Waals surface area contributed by atoms with E-state index in [1.807, 2.05) is 0 Å². The quantitative estimate of drug-likeness (QED) is 0.216. The smallest absolute Gasteiger partial charge is 0.389 e. The van der Waals surface area contributed by atoms with Crippen molar-refractivity contribution in [2.75, 3.05) is 18.5 Å². The lowest BCUT2D eigenvalue weighted by Gasteiger charge is -2.16. The Labute approximate surface area is 217 Å². The minimum absolute atomic E-state index is 0.0566. The monoisotopic (exact) mass is 585 g/mol.